The quantitative estimate of drug-likeness (QED) is 0.609. The normalized spacial score (nSPS) is 10.6. The maximum absolute atomic E-state index is 10.9. The predicted octanol–water partition coefficient (Wildman–Crippen LogP) is 1.53. The number of carboxylic acid groups (broad SMARTS) is 1. The molecule has 0 aliphatic carbocycles. The standard InChI is InChI=1S/C11H12N4O4/c1-11(2,4-9(16)17)14-10-8(15(18)19)3-7(5-12)6-13-10/h3,6H,4H2,1-2H3,(H,13,14)(H,16,17). The average Bonchev–Trinajstić information content (AvgIpc) is 2.26. The topological polar surface area (TPSA) is 129 Å². The molecule has 19 heavy (non-hydrogen) atoms. The number of carboxylic acids is 1. The number of aromatic nitrogens is 1. The molecule has 0 saturated heterocycles. The van der Waals surface area contributed by atoms with Gasteiger partial charge in [-0.05, 0) is 13.8 Å². The van der Waals surface area contributed by atoms with Gasteiger partial charge >= 0.3 is 11.7 Å². The largest absolute Gasteiger partial charge is 0.481 e. The highest BCUT2D eigenvalue weighted by Crippen LogP contribution is 2.26. The summed E-state index contributed by atoms with van der Waals surface area (Å²) in [6, 6.07) is 2.85. The Hall–Kier alpha value is -2.69. The Kier molecular flexibility index (Phi) is 4.01. The maximum Gasteiger partial charge on any atom is 0.312 e. The molecule has 8 heteroatoms. The summed E-state index contributed by atoms with van der Waals surface area (Å²) in [5, 5.41) is 31.0. The van der Waals surface area contributed by atoms with Crippen LogP contribution in [0.25, 0.3) is 0 Å². The summed E-state index contributed by atoms with van der Waals surface area (Å²) in [4.78, 5) is 24.7. The lowest BCUT2D eigenvalue weighted by Gasteiger charge is -2.24. The highest BCUT2D eigenvalue weighted by Gasteiger charge is 2.26. The highest BCUT2D eigenvalue weighted by atomic mass is 16.6. The van der Waals surface area contributed by atoms with E-state index in [1.54, 1.807) is 19.9 Å². The second-order valence-electron chi connectivity index (χ2n) is 4.54. The minimum Gasteiger partial charge on any atom is -0.481 e. The molecule has 0 amide bonds. The van der Waals surface area contributed by atoms with Crippen molar-refractivity contribution in [2.75, 3.05) is 5.32 Å². The molecule has 1 heterocycles. The number of hydrogen-bond donors (Lipinski definition) is 2. The summed E-state index contributed by atoms with van der Waals surface area (Å²) in [6.45, 7) is 3.18. The molecule has 0 aliphatic rings. The van der Waals surface area contributed by atoms with E-state index in [0.717, 1.165) is 6.07 Å². The van der Waals surface area contributed by atoms with E-state index in [9.17, 15) is 14.9 Å². The molecule has 1 aromatic rings. The summed E-state index contributed by atoms with van der Waals surface area (Å²) in [5.41, 5.74) is -1.21. The Morgan fingerprint density at radius 2 is 2.32 bits per heavy atom. The van der Waals surface area contributed by atoms with Gasteiger partial charge in [0.25, 0.3) is 0 Å². The fourth-order valence-electron chi connectivity index (χ4n) is 1.49. The smallest absolute Gasteiger partial charge is 0.312 e. The summed E-state index contributed by atoms with van der Waals surface area (Å²) < 4.78 is 0. The molecule has 0 spiro atoms. The van der Waals surface area contributed by atoms with E-state index in [1.807, 2.05) is 0 Å². The monoisotopic (exact) mass is 264 g/mol. The van der Waals surface area contributed by atoms with Crippen LogP contribution in [0.4, 0.5) is 11.5 Å². The van der Waals surface area contributed by atoms with Gasteiger partial charge in [-0.3, -0.25) is 14.9 Å². The van der Waals surface area contributed by atoms with Crippen molar-refractivity contribution in [3.8, 4) is 6.07 Å². The zero-order chi connectivity index (χ0) is 14.6. The number of aliphatic carboxylic acids is 1. The number of nitrogens with one attached hydrogen (secondary N) is 1. The molecule has 0 unspecified atom stereocenters. The van der Waals surface area contributed by atoms with Crippen molar-refractivity contribution in [2.45, 2.75) is 25.8 Å². The van der Waals surface area contributed by atoms with Crippen LogP contribution in [0.1, 0.15) is 25.8 Å². The van der Waals surface area contributed by atoms with Crippen LogP contribution in [0.3, 0.4) is 0 Å². The van der Waals surface area contributed by atoms with Crippen molar-refractivity contribution in [3.63, 3.8) is 0 Å². The Bertz CT molecular complexity index is 562. The van der Waals surface area contributed by atoms with Crippen LogP contribution in [0, 0.1) is 21.4 Å². The van der Waals surface area contributed by atoms with Gasteiger partial charge in [0.05, 0.1) is 16.9 Å². The Labute approximate surface area is 108 Å². The number of hydrogen-bond acceptors (Lipinski definition) is 6. The van der Waals surface area contributed by atoms with Gasteiger partial charge in [0.2, 0.25) is 5.82 Å². The van der Waals surface area contributed by atoms with Crippen molar-refractivity contribution in [2.24, 2.45) is 0 Å². The average molecular weight is 264 g/mol. The van der Waals surface area contributed by atoms with Crippen LogP contribution in [0.15, 0.2) is 12.3 Å². The van der Waals surface area contributed by atoms with Crippen LogP contribution in [-0.4, -0.2) is 26.5 Å². The van der Waals surface area contributed by atoms with E-state index in [0.29, 0.717) is 0 Å². The van der Waals surface area contributed by atoms with E-state index < -0.39 is 16.4 Å². The Balaban J connectivity index is 3.11. The van der Waals surface area contributed by atoms with E-state index in [2.05, 4.69) is 10.3 Å². The van der Waals surface area contributed by atoms with Crippen LogP contribution < -0.4 is 5.32 Å². The minimum absolute atomic E-state index is 0.0600. The molecule has 0 aromatic carbocycles. The van der Waals surface area contributed by atoms with Crippen molar-refractivity contribution >= 4 is 17.5 Å². The first-order valence-corrected chi connectivity index (χ1v) is 5.30. The van der Waals surface area contributed by atoms with Crippen LogP contribution >= 0.6 is 0 Å². The van der Waals surface area contributed by atoms with Crippen molar-refractivity contribution in [1.82, 2.24) is 4.98 Å². The predicted molar refractivity (Wildman–Crippen MR) is 65.6 cm³/mol. The number of carbonyl (C=O) groups is 1. The zero-order valence-electron chi connectivity index (χ0n) is 10.4. The zero-order valence-corrected chi connectivity index (χ0v) is 10.4. The third-order valence-electron chi connectivity index (χ3n) is 2.24. The summed E-state index contributed by atoms with van der Waals surface area (Å²) in [5.74, 6) is -1.09. The second-order valence-corrected chi connectivity index (χ2v) is 4.54. The first-order valence-electron chi connectivity index (χ1n) is 5.30. The van der Waals surface area contributed by atoms with E-state index >= 15 is 0 Å². The molecule has 0 saturated carbocycles. The Morgan fingerprint density at radius 3 is 2.79 bits per heavy atom. The molecule has 1 rings (SSSR count). The first kappa shape index (κ1) is 14.4. The van der Waals surface area contributed by atoms with Gasteiger partial charge in [-0.15, -0.1) is 0 Å². The third kappa shape index (κ3) is 3.92. The molecule has 1 aromatic heterocycles. The molecular weight excluding hydrogens is 252 g/mol. The van der Waals surface area contributed by atoms with Gasteiger partial charge in [0.15, 0.2) is 0 Å². The van der Waals surface area contributed by atoms with Gasteiger partial charge in [-0.25, -0.2) is 4.98 Å². The summed E-state index contributed by atoms with van der Waals surface area (Å²) >= 11 is 0. The van der Waals surface area contributed by atoms with E-state index in [-0.39, 0.29) is 23.5 Å². The third-order valence-corrected chi connectivity index (χ3v) is 2.24. The van der Waals surface area contributed by atoms with Crippen molar-refractivity contribution < 1.29 is 14.8 Å². The second kappa shape index (κ2) is 5.30. The summed E-state index contributed by atoms with van der Waals surface area (Å²) in [6.07, 6.45) is 0.956. The van der Waals surface area contributed by atoms with Gasteiger partial charge in [0, 0.05) is 17.8 Å². The van der Waals surface area contributed by atoms with Gasteiger partial charge in [0.1, 0.15) is 6.07 Å². The molecule has 0 radical (unpaired) electrons. The van der Waals surface area contributed by atoms with Gasteiger partial charge < -0.3 is 10.4 Å². The molecule has 100 valence electrons. The number of nitriles is 1. The fourth-order valence-corrected chi connectivity index (χ4v) is 1.49. The Morgan fingerprint density at radius 1 is 1.68 bits per heavy atom. The lowest BCUT2D eigenvalue weighted by Crippen LogP contribution is -2.34. The van der Waals surface area contributed by atoms with Crippen LogP contribution in [-0.2, 0) is 4.79 Å². The van der Waals surface area contributed by atoms with E-state index in [4.69, 9.17) is 10.4 Å². The molecule has 8 nitrogen and oxygen atoms in total. The van der Waals surface area contributed by atoms with Crippen LogP contribution in [0.5, 0.6) is 0 Å². The SMILES string of the molecule is CC(C)(CC(=O)O)Nc1ncc(C#N)cc1[N+](=O)[O-]. The number of nitro groups is 1. The molecule has 0 atom stereocenters. The van der Waals surface area contributed by atoms with Crippen molar-refractivity contribution in [1.29, 1.82) is 5.26 Å². The van der Waals surface area contributed by atoms with E-state index in [1.165, 1.54) is 6.20 Å². The number of pyridine rings is 1. The molecule has 0 aliphatic heterocycles. The maximum atomic E-state index is 10.9. The summed E-state index contributed by atoms with van der Waals surface area (Å²) in [7, 11) is 0. The van der Waals surface area contributed by atoms with Gasteiger partial charge in [-0.1, -0.05) is 0 Å². The molecule has 2 N–H and O–H groups in total. The lowest BCUT2D eigenvalue weighted by atomic mass is 10.0. The number of nitrogens with zero attached hydrogens (tertiary/aromatic N) is 3. The highest BCUT2D eigenvalue weighted by molar-refractivity contribution is 5.70. The lowest BCUT2D eigenvalue weighted by molar-refractivity contribution is -0.384. The van der Waals surface area contributed by atoms with Gasteiger partial charge in [-0.2, -0.15) is 5.26 Å². The molecule has 0 bridgehead atoms. The minimum atomic E-state index is -1.03. The fraction of sp³-hybridized carbons (Fsp3) is 0.364. The first-order chi connectivity index (χ1) is 8.75. The molecular formula is C11H12N4O4. The number of anilines is 1. The molecule has 0 fully saturated rings. The van der Waals surface area contributed by atoms with Crippen molar-refractivity contribution in [3.05, 3.63) is 27.9 Å². The number of rotatable bonds is 5. The van der Waals surface area contributed by atoms with Crippen LogP contribution in [0.2, 0.25) is 0 Å².